The first-order valence-electron chi connectivity index (χ1n) is 6.38. The SMILES string of the molecule is CNC(=O)c1ccc(NC(=O)CSc2nnc(NC)s2)cc1. The number of carbonyl (C=O) groups excluding carboxylic acids is 2. The van der Waals surface area contributed by atoms with Crippen molar-refractivity contribution >= 4 is 45.7 Å². The fourth-order valence-electron chi connectivity index (χ4n) is 1.54. The minimum absolute atomic E-state index is 0.140. The molecule has 9 heteroatoms. The maximum Gasteiger partial charge on any atom is 0.251 e. The first-order valence-corrected chi connectivity index (χ1v) is 8.18. The molecule has 0 atom stereocenters. The molecule has 1 aromatic heterocycles. The summed E-state index contributed by atoms with van der Waals surface area (Å²) in [5, 5.41) is 16.8. The zero-order valence-corrected chi connectivity index (χ0v) is 13.7. The normalized spacial score (nSPS) is 10.1. The highest BCUT2D eigenvalue weighted by molar-refractivity contribution is 8.01. The van der Waals surface area contributed by atoms with Gasteiger partial charge in [0.25, 0.3) is 5.91 Å². The Morgan fingerprint density at radius 1 is 1.18 bits per heavy atom. The maximum atomic E-state index is 11.9. The minimum Gasteiger partial charge on any atom is -0.363 e. The van der Waals surface area contributed by atoms with Crippen molar-refractivity contribution in [2.45, 2.75) is 4.34 Å². The molecule has 0 aliphatic rings. The van der Waals surface area contributed by atoms with Crippen LogP contribution in [-0.4, -0.2) is 41.9 Å². The Hall–Kier alpha value is -2.13. The van der Waals surface area contributed by atoms with Crippen LogP contribution in [0.3, 0.4) is 0 Å². The van der Waals surface area contributed by atoms with Crippen molar-refractivity contribution < 1.29 is 9.59 Å². The number of thioether (sulfide) groups is 1. The van der Waals surface area contributed by atoms with E-state index in [9.17, 15) is 9.59 Å². The van der Waals surface area contributed by atoms with Crippen LogP contribution in [0.4, 0.5) is 10.8 Å². The van der Waals surface area contributed by atoms with E-state index in [1.54, 1.807) is 38.4 Å². The zero-order chi connectivity index (χ0) is 15.9. The fraction of sp³-hybridized carbons (Fsp3) is 0.231. The van der Waals surface area contributed by atoms with Gasteiger partial charge in [0, 0.05) is 25.3 Å². The van der Waals surface area contributed by atoms with E-state index >= 15 is 0 Å². The van der Waals surface area contributed by atoms with Gasteiger partial charge in [-0.3, -0.25) is 9.59 Å². The average Bonchev–Trinajstić information content (AvgIpc) is 3.01. The molecule has 0 aliphatic heterocycles. The van der Waals surface area contributed by atoms with Crippen LogP contribution in [0.2, 0.25) is 0 Å². The standard InChI is InChI=1S/C13H15N5O2S2/c1-14-11(20)8-3-5-9(6-4-8)16-10(19)7-21-13-18-17-12(15-2)22-13/h3-6H,7H2,1-2H3,(H,14,20)(H,15,17)(H,16,19). The van der Waals surface area contributed by atoms with Gasteiger partial charge in [-0.25, -0.2) is 0 Å². The summed E-state index contributed by atoms with van der Waals surface area (Å²) in [4.78, 5) is 23.3. The molecule has 22 heavy (non-hydrogen) atoms. The second kappa shape index (κ2) is 7.76. The van der Waals surface area contributed by atoms with Gasteiger partial charge in [-0.2, -0.15) is 0 Å². The van der Waals surface area contributed by atoms with Crippen LogP contribution in [-0.2, 0) is 4.79 Å². The quantitative estimate of drug-likeness (QED) is 0.694. The van der Waals surface area contributed by atoms with Gasteiger partial charge in [-0.15, -0.1) is 10.2 Å². The monoisotopic (exact) mass is 337 g/mol. The van der Waals surface area contributed by atoms with Crippen LogP contribution in [0, 0.1) is 0 Å². The van der Waals surface area contributed by atoms with E-state index in [2.05, 4.69) is 26.1 Å². The Kier molecular flexibility index (Phi) is 5.73. The number of benzene rings is 1. The number of nitrogens with one attached hydrogen (secondary N) is 3. The summed E-state index contributed by atoms with van der Waals surface area (Å²) in [6.07, 6.45) is 0. The molecule has 0 unspecified atom stereocenters. The first kappa shape index (κ1) is 16.2. The lowest BCUT2D eigenvalue weighted by Crippen LogP contribution is -2.18. The molecule has 3 N–H and O–H groups in total. The number of hydrogen-bond acceptors (Lipinski definition) is 7. The second-order valence-electron chi connectivity index (χ2n) is 4.12. The first-order chi connectivity index (χ1) is 10.6. The Morgan fingerprint density at radius 2 is 1.91 bits per heavy atom. The smallest absolute Gasteiger partial charge is 0.251 e. The van der Waals surface area contributed by atoms with Gasteiger partial charge in [0.1, 0.15) is 0 Å². The Balaban J connectivity index is 1.85. The minimum atomic E-state index is -0.162. The Morgan fingerprint density at radius 3 is 2.50 bits per heavy atom. The zero-order valence-electron chi connectivity index (χ0n) is 12.0. The van der Waals surface area contributed by atoms with Crippen LogP contribution in [0.25, 0.3) is 0 Å². The van der Waals surface area contributed by atoms with E-state index in [1.807, 2.05) is 0 Å². The summed E-state index contributed by atoms with van der Waals surface area (Å²) in [7, 11) is 3.34. The van der Waals surface area contributed by atoms with E-state index < -0.39 is 0 Å². The molecular weight excluding hydrogens is 322 g/mol. The highest BCUT2D eigenvalue weighted by atomic mass is 32.2. The number of nitrogens with zero attached hydrogens (tertiary/aromatic N) is 2. The van der Waals surface area contributed by atoms with E-state index in [-0.39, 0.29) is 17.6 Å². The number of amides is 2. The summed E-state index contributed by atoms with van der Waals surface area (Å²) in [5.74, 6) is -0.0563. The molecule has 0 aliphatic carbocycles. The van der Waals surface area contributed by atoms with E-state index in [4.69, 9.17) is 0 Å². The third-order valence-electron chi connectivity index (χ3n) is 2.60. The van der Waals surface area contributed by atoms with Gasteiger partial charge >= 0.3 is 0 Å². The van der Waals surface area contributed by atoms with Crippen molar-refractivity contribution in [1.82, 2.24) is 15.5 Å². The lowest BCUT2D eigenvalue weighted by atomic mass is 10.2. The highest BCUT2D eigenvalue weighted by Crippen LogP contribution is 2.25. The van der Waals surface area contributed by atoms with Gasteiger partial charge in [0.2, 0.25) is 11.0 Å². The molecule has 0 saturated carbocycles. The van der Waals surface area contributed by atoms with E-state index in [0.29, 0.717) is 16.4 Å². The lowest BCUT2D eigenvalue weighted by molar-refractivity contribution is -0.113. The molecule has 0 saturated heterocycles. The van der Waals surface area contributed by atoms with Crippen LogP contribution < -0.4 is 16.0 Å². The third kappa shape index (κ3) is 4.43. The lowest BCUT2D eigenvalue weighted by Gasteiger charge is -2.05. The predicted octanol–water partition coefficient (Wildman–Crippen LogP) is 1.67. The van der Waals surface area contributed by atoms with Gasteiger partial charge in [0.15, 0.2) is 4.34 Å². The highest BCUT2D eigenvalue weighted by Gasteiger charge is 2.08. The molecule has 2 amide bonds. The topological polar surface area (TPSA) is 96.0 Å². The molecule has 0 fully saturated rings. The van der Waals surface area contributed by atoms with Crippen molar-refractivity contribution in [3.05, 3.63) is 29.8 Å². The number of aromatic nitrogens is 2. The molecule has 0 bridgehead atoms. The van der Waals surface area contributed by atoms with Gasteiger partial charge < -0.3 is 16.0 Å². The molecule has 1 heterocycles. The van der Waals surface area contributed by atoms with Gasteiger partial charge in [0.05, 0.1) is 5.75 Å². The van der Waals surface area contributed by atoms with Crippen molar-refractivity contribution in [2.24, 2.45) is 0 Å². The Labute approximate surface area is 135 Å². The van der Waals surface area contributed by atoms with E-state index in [1.165, 1.54) is 23.1 Å². The van der Waals surface area contributed by atoms with Crippen LogP contribution in [0.1, 0.15) is 10.4 Å². The van der Waals surface area contributed by atoms with Gasteiger partial charge in [-0.05, 0) is 24.3 Å². The molecule has 0 radical (unpaired) electrons. The fourth-order valence-corrected chi connectivity index (χ4v) is 3.05. The van der Waals surface area contributed by atoms with Crippen LogP contribution in [0.15, 0.2) is 28.6 Å². The summed E-state index contributed by atoms with van der Waals surface area (Å²) in [6, 6.07) is 6.70. The predicted molar refractivity (Wildman–Crippen MR) is 88.6 cm³/mol. The second-order valence-corrected chi connectivity index (χ2v) is 6.32. The van der Waals surface area contributed by atoms with Crippen LogP contribution >= 0.6 is 23.1 Å². The molecule has 2 aromatic rings. The molecule has 0 spiro atoms. The summed E-state index contributed by atoms with van der Waals surface area (Å²) in [5.41, 5.74) is 1.19. The van der Waals surface area contributed by atoms with Crippen molar-refractivity contribution in [3.8, 4) is 0 Å². The summed E-state index contributed by atoms with van der Waals surface area (Å²) >= 11 is 2.72. The number of hydrogen-bond donors (Lipinski definition) is 3. The van der Waals surface area contributed by atoms with Gasteiger partial charge in [-0.1, -0.05) is 23.1 Å². The Bertz CT molecular complexity index is 657. The van der Waals surface area contributed by atoms with Crippen molar-refractivity contribution in [1.29, 1.82) is 0 Å². The molecule has 116 valence electrons. The number of carbonyl (C=O) groups is 2. The molecule has 2 rings (SSSR count). The summed E-state index contributed by atoms with van der Waals surface area (Å²) < 4.78 is 0.731. The van der Waals surface area contributed by atoms with E-state index in [0.717, 1.165) is 4.34 Å². The third-order valence-corrected chi connectivity index (χ3v) is 4.68. The summed E-state index contributed by atoms with van der Waals surface area (Å²) in [6.45, 7) is 0. The molecular formula is C13H15N5O2S2. The van der Waals surface area contributed by atoms with Crippen LogP contribution in [0.5, 0.6) is 0 Å². The average molecular weight is 337 g/mol. The molecule has 7 nitrogen and oxygen atoms in total. The number of rotatable bonds is 6. The van der Waals surface area contributed by atoms with Crippen molar-refractivity contribution in [3.63, 3.8) is 0 Å². The molecule has 1 aromatic carbocycles. The van der Waals surface area contributed by atoms with Crippen molar-refractivity contribution in [2.75, 3.05) is 30.5 Å². The number of anilines is 2. The largest absolute Gasteiger partial charge is 0.363 e. The maximum absolute atomic E-state index is 11.9.